The van der Waals surface area contributed by atoms with Crippen LogP contribution in [0.3, 0.4) is 0 Å². The van der Waals surface area contributed by atoms with E-state index in [0.29, 0.717) is 0 Å². The summed E-state index contributed by atoms with van der Waals surface area (Å²) in [6.45, 7) is 4.10. The average molecular weight is 335 g/mol. The molecule has 1 saturated heterocycles. The second kappa shape index (κ2) is 2.67. The van der Waals surface area contributed by atoms with Crippen LogP contribution in [0.25, 0.3) is 0 Å². The van der Waals surface area contributed by atoms with Gasteiger partial charge in [-0.05, 0) is 28.0 Å². The normalized spacial score (nSPS) is 41.3. The van der Waals surface area contributed by atoms with E-state index in [2.05, 4.69) is 0 Å². The van der Waals surface area contributed by atoms with Crippen molar-refractivity contribution in [3.63, 3.8) is 0 Å². The first-order valence-corrected chi connectivity index (χ1v) is 5.87. The van der Waals surface area contributed by atoms with Gasteiger partial charge in [0.2, 0.25) is 2.34 Å². The van der Waals surface area contributed by atoms with E-state index >= 15 is 0 Å². The number of cyclic esters (lactones) is 1. The highest BCUT2D eigenvalue weighted by molar-refractivity contribution is 14.1. The van der Waals surface area contributed by atoms with Crippen LogP contribution in [0.1, 0.15) is 13.8 Å². The summed E-state index contributed by atoms with van der Waals surface area (Å²) in [7, 11) is 0. The van der Waals surface area contributed by atoms with Gasteiger partial charge in [-0.3, -0.25) is 4.79 Å². The van der Waals surface area contributed by atoms with Gasteiger partial charge in [0.05, 0.1) is 5.92 Å². The fourth-order valence-corrected chi connectivity index (χ4v) is 3.11. The van der Waals surface area contributed by atoms with Gasteiger partial charge in [-0.25, -0.2) is 0 Å². The number of carbonyl (C=O) groups is 1. The van der Waals surface area contributed by atoms with Crippen LogP contribution >= 0.6 is 45.8 Å². The summed E-state index contributed by atoms with van der Waals surface area (Å²) in [5.41, 5.74) is 0.0141. The lowest BCUT2D eigenvalue weighted by Gasteiger charge is -2.24. The second-order valence-electron chi connectivity index (χ2n) is 4.22. The Labute approximate surface area is 100 Å². The van der Waals surface area contributed by atoms with E-state index in [4.69, 9.17) is 27.9 Å². The molecular weight excluding hydrogens is 326 g/mol. The molecule has 0 aromatic rings. The Hall–Kier alpha value is 0.780. The van der Waals surface area contributed by atoms with Crippen LogP contribution in [0, 0.1) is 17.3 Å². The third-order valence-corrected chi connectivity index (χ3v) is 4.10. The van der Waals surface area contributed by atoms with Gasteiger partial charge in [0, 0.05) is 5.92 Å². The molecule has 2 fully saturated rings. The summed E-state index contributed by atoms with van der Waals surface area (Å²) in [6.07, 6.45) is -0.357. The van der Waals surface area contributed by atoms with Gasteiger partial charge < -0.3 is 4.74 Å². The molecule has 2 rings (SSSR count). The Morgan fingerprint density at radius 2 is 2.08 bits per heavy atom. The van der Waals surface area contributed by atoms with E-state index in [9.17, 15) is 4.79 Å². The Kier molecular flexibility index (Phi) is 2.11. The largest absolute Gasteiger partial charge is 0.458 e. The number of fused-ring (bicyclic) bond motifs is 1. The number of hydrogen-bond donors (Lipinski definition) is 0. The minimum atomic E-state index is -0.999. The molecule has 13 heavy (non-hydrogen) atoms. The molecule has 0 radical (unpaired) electrons. The summed E-state index contributed by atoms with van der Waals surface area (Å²) in [5, 5.41) is 0. The van der Waals surface area contributed by atoms with E-state index in [-0.39, 0.29) is 29.3 Å². The van der Waals surface area contributed by atoms with Crippen molar-refractivity contribution >= 4 is 51.8 Å². The lowest BCUT2D eigenvalue weighted by molar-refractivity contribution is -0.146. The van der Waals surface area contributed by atoms with E-state index in [1.54, 1.807) is 0 Å². The molecule has 1 heterocycles. The predicted molar refractivity (Wildman–Crippen MR) is 59.1 cm³/mol. The third kappa shape index (κ3) is 1.38. The predicted octanol–water partition coefficient (Wildman–Crippen LogP) is 2.75. The van der Waals surface area contributed by atoms with Crippen molar-refractivity contribution in [2.45, 2.75) is 22.3 Å². The van der Waals surface area contributed by atoms with Crippen molar-refractivity contribution in [2.75, 3.05) is 0 Å². The van der Waals surface area contributed by atoms with Gasteiger partial charge in [0.1, 0.15) is 6.10 Å². The minimum absolute atomic E-state index is 0.00383. The van der Waals surface area contributed by atoms with Crippen LogP contribution in [0.15, 0.2) is 0 Å². The van der Waals surface area contributed by atoms with Crippen LogP contribution < -0.4 is 0 Å². The first kappa shape index (κ1) is 10.3. The zero-order chi connectivity index (χ0) is 10.0. The number of carbonyl (C=O) groups excluding carboxylic acids is 1. The molecule has 2 aliphatic rings. The fourth-order valence-electron chi connectivity index (χ4n) is 2.24. The van der Waals surface area contributed by atoms with Crippen molar-refractivity contribution in [1.82, 2.24) is 0 Å². The highest BCUT2D eigenvalue weighted by Crippen LogP contribution is 2.68. The number of halogens is 3. The first-order chi connectivity index (χ1) is 5.76. The molecule has 3 unspecified atom stereocenters. The van der Waals surface area contributed by atoms with Gasteiger partial charge in [-0.2, -0.15) is 0 Å². The molecule has 3 atom stereocenters. The van der Waals surface area contributed by atoms with E-state index in [1.807, 2.05) is 36.4 Å². The summed E-state index contributed by atoms with van der Waals surface area (Å²) in [5.74, 6) is 0.0402. The van der Waals surface area contributed by atoms with Crippen LogP contribution in [0.5, 0.6) is 0 Å². The molecule has 0 N–H and O–H groups in total. The number of alkyl halides is 3. The summed E-state index contributed by atoms with van der Waals surface area (Å²) in [4.78, 5) is 11.3. The van der Waals surface area contributed by atoms with Crippen LogP contribution in [0.2, 0.25) is 0 Å². The summed E-state index contributed by atoms with van der Waals surface area (Å²) in [6, 6.07) is 0. The molecule has 5 heteroatoms. The molecule has 74 valence electrons. The monoisotopic (exact) mass is 334 g/mol. The van der Waals surface area contributed by atoms with E-state index in [0.717, 1.165) is 0 Å². The zero-order valence-electron chi connectivity index (χ0n) is 7.18. The summed E-state index contributed by atoms with van der Waals surface area (Å²) < 4.78 is 4.11. The Bertz CT molecular complexity index is 272. The lowest BCUT2D eigenvalue weighted by Crippen LogP contribution is -2.31. The van der Waals surface area contributed by atoms with Crippen LogP contribution in [0.4, 0.5) is 0 Å². The van der Waals surface area contributed by atoms with E-state index in [1.165, 1.54) is 0 Å². The topological polar surface area (TPSA) is 26.3 Å². The molecule has 0 aromatic carbocycles. The van der Waals surface area contributed by atoms with Crippen molar-refractivity contribution in [3.8, 4) is 0 Å². The fraction of sp³-hybridized carbons (Fsp3) is 0.875. The number of ether oxygens (including phenoxy) is 1. The van der Waals surface area contributed by atoms with Crippen molar-refractivity contribution in [1.29, 1.82) is 0 Å². The standard InChI is InChI=1S/C8H9Cl2IO2/c1-7(2)3-4(7)6(12)13-5(3)8(9,10)11/h3-5H,1-2H3. The Balaban J connectivity index is 2.24. The average Bonchev–Trinajstić information content (AvgIpc) is 2.35. The maximum Gasteiger partial charge on any atom is 0.310 e. The molecule has 1 aliphatic carbocycles. The van der Waals surface area contributed by atoms with Crippen molar-refractivity contribution in [2.24, 2.45) is 17.3 Å². The number of esters is 1. The molecule has 1 saturated carbocycles. The van der Waals surface area contributed by atoms with Gasteiger partial charge in [0.25, 0.3) is 0 Å². The quantitative estimate of drug-likeness (QED) is 0.419. The molecule has 0 aromatic heterocycles. The maximum absolute atomic E-state index is 11.3. The van der Waals surface area contributed by atoms with Gasteiger partial charge in [-0.15, -0.1) is 0 Å². The molecule has 1 aliphatic heterocycles. The highest BCUT2D eigenvalue weighted by Gasteiger charge is 2.74. The molecule has 0 spiro atoms. The Morgan fingerprint density at radius 1 is 1.54 bits per heavy atom. The van der Waals surface area contributed by atoms with Crippen LogP contribution in [-0.2, 0) is 9.53 Å². The maximum atomic E-state index is 11.3. The smallest absolute Gasteiger partial charge is 0.310 e. The molecule has 0 bridgehead atoms. The highest BCUT2D eigenvalue weighted by atomic mass is 127. The zero-order valence-corrected chi connectivity index (χ0v) is 10.9. The Morgan fingerprint density at radius 3 is 2.31 bits per heavy atom. The van der Waals surface area contributed by atoms with Gasteiger partial charge in [0.15, 0.2) is 0 Å². The summed E-state index contributed by atoms with van der Waals surface area (Å²) >= 11 is 13.8. The first-order valence-electron chi connectivity index (χ1n) is 4.03. The van der Waals surface area contributed by atoms with Crippen molar-refractivity contribution < 1.29 is 9.53 Å². The van der Waals surface area contributed by atoms with Crippen LogP contribution in [-0.4, -0.2) is 14.4 Å². The van der Waals surface area contributed by atoms with Gasteiger partial charge >= 0.3 is 5.97 Å². The molecule has 0 amide bonds. The lowest BCUT2D eigenvalue weighted by atomic mass is 10.1. The molecule has 2 nitrogen and oxygen atoms in total. The van der Waals surface area contributed by atoms with Gasteiger partial charge in [-0.1, -0.05) is 37.0 Å². The SMILES string of the molecule is CC1(C)C2C(=O)OC(C(Cl)(Cl)I)C21. The van der Waals surface area contributed by atoms with E-state index < -0.39 is 2.34 Å². The molecular formula is C8H9Cl2IO2. The number of rotatable bonds is 1. The second-order valence-corrected chi connectivity index (χ2v) is 8.59. The minimum Gasteiger partial charge on any atom is -0.458 e. The number of hydrogen-bond acceptors (Lipinski definition) is 2. The third-order valence-electron chi connectivity index (χ3n) is 3.06. The van der Waals surface area contributed by atoms with Crippen molar-refractivity contribution in [3.05, 3.63) is 0 Å².